The Morgan fingerprint density at radius 2 is 1.75 bits per heavy atom. The van der Waals surface area contributed by atoms with Gasteiger partial charge < -0.3 is 15.0 Å². The number of likely N-dealkylation sites (tertiary alicyclic amines) is 1. The minimum atomic E-state index is -0.939. The number of rotatable bonds is 5. The summed E-state index contributed by atoms with van der Waals surface area (Å²) < 4.78 is 46.8. The Bertz CT molecular complexity index is 1080. The van der Waals surface area contributed by atoms with E-state index in [2.05, 4.69) is 5.32 Å². The topological polar surface area (TPSA) is 61.9 Å². The minimum Gasteiger partial charge on any atom is -0.444 e. The molecule has 1 heterocycles. The van der Waals surface area contributed by atoms with Crippen LogP contribution in [0.2, 0.25) is 0 Å². The molecule has 3 rings (SSSR count). The minimum absolute atomic E-state index is 0.0375. The number of nitrogens with zero attached hydrogens (tertiary/aromatic N) is 2. The summed E-state index contributed by atoms with van der Waals surface area (Å²) in [6, 6.07) is 6.91. The molecule has 196 valence electrons. The molecule has 0 aliphatic carbocycles. The van der Waals surface area contributed by atoms with E-state index < -0.39 is 35.5 Å². The van der Waals surface area contributed by atoms with Gasteiger partial charge in [-0.3, -0.25) is 4.90 Å². The maximum atomic E-state index is 13.9. The predicted molar refractivity (Wildman–Crippen MR) is 131 cm³/mol. The highest BCUT2D eigenvalue weighted by molar-refractivity contribution is 5.76. The number of carbonyl (C=O) groups excluding carboxylic acids is 2. The van der Waals surface area contributed by atoms with Crippen LogP contribution in [-0.4, -0.2) is 47.3 Å². The molecule has 1 N–H and O–H groups in total. The van der Waals surface area contributed by atoms with Crippen LogP contribution in [0.1, 0.15) is 62.8 Å². The van der Waals surface area contributed by atoms with Gasteiger partial charge in [0.2, 0.25) is 0 Å². The summed E-state index contributed by atoms with van der Waals surface area (Å²) in [6.45, 7) is 7.44. The second kappa shape index (κ2) is 11.2. The summed E-state index contributed by atoms with van der Waals surface area (Å²) in [5.41, 5.74) is 1.11. The van der Waals surface area contributed by atoms with Crippen molar-refractivity contribution in [1.29, 1.82) is 0 Å². The molecular formula is C27H34F3N3O3. The van der Waals surface area contributed by atoms with Crippen LogP contribution in [0.15, 0.2) is 36.4 Å². The van der Waals surface area contributed by atoms with Crippen molar-refractivity contribution in [3.63, 3.8) is 0 Å². The van der Waals surface area contributed by atoms with Gasteiger partial charge in [-0.25, -0.2) is 22.8 Å². The van der Waals surface area contributed by atoms with Crippen LogP contribution in [0.5, 0.6) is 0 Å². The average molecular weight is 506 g/mol. The molecule has 36 heavy (non-hydrogen) atoms. The first-order chi connectivity index (χ1) is 16.8. The number of aryl methyl sites for hydroxylation is 1. The fourth-order valence-corrected chi connectivity index (χ4v) is 4.43. The molecule has 1 aliphatic heterocycles. The Hall–Kier alpha value is -3.23. The van der Waals surface area contributed by atoms with Crippen LogP contribution < -0.4 is 5.32 Å². The molecule has 2 atom stereocenters. The van der Waals surface area contributed by atoms with E-state index in [9.17, 15) is 22.8 Å². The summed E-state index contributed by atoms with van der Waals surface area (Å²) in [4.78, 5) is 29.2. The van der Waals surface area contributed by atoms with Crippen molar-refractivity contribution in [3.05, 3.63) is 70.5 Å². The summed E-state index contributed by atoms with van der Waals surface area (Å²) in [5.74, 6) is -1.85. The van der Waals surface area contributed by atoms with E-state index in [0.29, 0.717) is 13.0 Å². The molecule has 6 nitrogen and oxygen atoms in total. The van der Waals surface area contributed by atoms with Gasteiger partial charge in [0.25, 0.3) is 0 Å². The van der Waals surface area contributed by atoms with E-state index in [4.69, 9.17) is 4.74 Å². The second-order valence-electron chi connectivity index (χ2n) is 10.2. The number of hydrogen-bond acceptors (Lipinski definition) is 3. The van der Waals surface area contributed by atoms with Gasteiger partial charge in [0, 0.05) is 26.1 Å². The van der Waals surface area contributed by atoms with E-state index in [0.717, 1.165) is 42.2 Å². The first-order valence-corrected chi connectivity index (χ1v) is 12.1. The Morgan fingerprint density at radius 3 is 2.36 bits per heavy atom. The number of likely N-dealkylation sites (N-methyl/N-ethyl adjacent to an activating group) is 1. The van der Waals surface area contributed by atoms with Crippen molar-refractivity contribution < 1.29 is 27.5 Å². The molecule has 1 fully saturated rings. The Kier molecular flexibility index (Phi) is 8.53. The molecule has 0 bridgehead atoms. The van der Waals surface area contributed by atoms with E-state index in [1.807, 2.05) is 0 Å². The number of halogens is 3. The zero-order chi connectivity index (χ0) is 26.6. The first kappa shape index (κ1) is 27.4. The van der Waals surface area contributed by atoms with Crippen LogP contribution in [0.4, 0.5) is 22.8 Å². The Balaban J connectivity index is 1.87. The second-order valence-corrected chi connectivity index (χ2v) is 10.2. The zero-order valence-corrected chi connectivity index (χ0v) is 21.4. The lowest BCUT2D eigenvalue weighted by molar-refractivity contribution is 0.0194. The van der Waals surface area contributed by atoms with E-state index >= 15 is 0 Å². The first-order valence-electron chi connectivity index (χ1n) is 12.1. The number of hydrogen-bond donors (Lipinski definition) is 1. The molecule has 2 unspecified atom stereocenters. The standard InChI is InChI=1S/C27H34F3N3O3/c1-17-12-19(28)9-10-22(17)23-8-6-7-11-33(23)25(34)31-24(32(5)26(35)36-27(2,3)4)15-18-13-20(29)16-21(30)14-18/h9-10,12-14,16,23-24H,6-8,11,15H2,1-5H3,(H,31,34). The highest BCUT2D eigenvalue weighted by Gasteiger charge is 2.33. The van der Waals surface area contributed by atoms with Gasteiger partial charge in [-0.05, 0) is 87.9 Å². The lowest BCUT2D eigenvalue weighted by Crippen LogP contribution is -2.55. The molecule has 9 heteroatoms. The normalized spacial score (nSPS) is 16.9. The Labute approximate surface area is 210 Å². The number of piperidine rings is 1. The van der Waals surface area contributed by atoms with Crippen LogP contribution in [-0.2, 0) is 11.2 Å². The van der Waals surface area contributed by atoms with E-state index in [-0.39, 0.29) is 23.8 Å². The predicted octanol–water partition coefficient (Wildman–Crippen LogP) is 6.08. The van der Waals surface area contributed by atoms with E-state index in [1.165, 1.54) is 24.1 Å². The summed E-state index contributed by atoms with van der Waals surface area (Å²) >= 11 is 0. The van der Waals surface area contributed by atoms with Crippen LogP contribution in [0.25, 0.3) is 0 Å². The SMILES string of the molecule is Cc1cc(F)ccc1C1CCCCN1C(=O)NC(Cc1cc(F)cc(F)c1)N(C)C(=O)OC(C)(C)C. The van der Waals surface area contributed by atoms with Gasteiger partial charge in [0.15, 0.2) is 0 Å². The zero-order valence-electron chi connectivity index (χ0n) is 21.4. The van der Waals surface area contributed by atoms with Gasteiger partial charge in [0.1, 0.15) is 29.2 Å². The molecule has 3 amide bonds. The van der Waals surface area contributed by atoms with Crippen LogP contribution >= 0.6 is 0 Å². The van der Waals surface area contributed by atoms with Crippen molar-refractivity contribution in [2.75, 3.05) is 13.6 Å². The molecule has 2 aromatic rings. The maximum Gasteiger partial charge on any atom is 0.411 e. The third kappa shape index (κ3) is 7.15. The lowest BCUT2D eigenvalue weighted by atomic mass is 9.92. The molecule has 2 aromatic carbocycles. The monoisotopic (exact) mass is 505 g/mol. The van der Waals surface area contributed by atoms with Crippen molar-refractivity contribution in [2.24, 2.45) is 0 Å². The highest BCUT2D eigenvalue weighted by atomic mass is 19.1. The molecular weight excluding hydrogens is 471 g/mol. The smallest absolute Gasteiger partial charge is 0.411 e. The maximum absolute atomic E-state index is 13.9. The number of benzene rings is 2. The highest BCUT2D eigenvalue weighted by Crippen LogP contribution is 2.33. The Morgan fingerprint density at radius 1 is 1.08 bits per heavy atom. The fourth-order valence-electron chi connectivity index (χ4n) is 4.43. The van der Waals surface area contributed by atoms with Gasteiger partial charge in [0.05, 0.1) is 6.04 Å². The molecule has 1 saturated heterocycles. The van der Waals surface area contributed by atoms with Gasteiger partial charge in [-0.2, -0.15) is 0 Å². The van der Waals surface area contributed by atoms with Crippen molar-refractivity contribution in [2.45, 2.75) is 71.2 Å². The number of urea groups is 1. The molecule has 0 aromatic heterocycles. The van der Waals surface area contributed by atoms with Crippen molar-refractivity contribution in [1.82, 2.24) is 15.1 Å². The average Bonchev–Trinajstić information content (AvgIpc) is 2.76. The number of amides is 3. The summed E-state index contributed by atoms with van der Waals surface area (Å²) in [7, 11) is 1.46. The third-order valence-electron chi connectivity index (χ3n) is 6.14. The molecule has 0 radical (unpaired) electrons. The van der Waals surface area contributed by atoms with Crippen LogP contribution in [0, 0.1) is 24.4 Å². The summed E-state index contributed by atoms with van der Waals surface area (Å²) in [6.07, 6.45) is 0.756. The van der Waals surface area contributed by atoms with Crippen LogP contribution in [0.3, 0.4) is 0 Å². The van der Waals surface area contributed by atoms with E-state index in [1.54, 1.807) is 38.7 Å². The molecule has 0 saturated carbocycles. The largest absolute Gasteiger partial charge is 0.444 e. The van der Waals surface area contributed by atoms with Crippen molar-refractivity contribution in [3.8, 4) is 0 Å². The third-order valence-corrected chi connectivity index (χ3v) is 6.14. The number of ether oxygens (including phenoxy) is 1. The van der Waals surface area contributed by atoms with Gasteiger partial charge in [-0.15, -0.1) is 0 Å². The molecule has 1 aliphatic rings. The molecule has 0 spiro atoms. The number of carbonyl (C=O) groups is 2. The fraction of sp³-hybridized carbons (Fsp3) is 0.481. The van der Waals surface area contributed by atoms with Gasteiger partial charge >= 0.3 is 12.1 Å². The van der Waals surface area contributed by atoms with Gasteiger partial charge in [-0.1, -0.05) is 6.07 Å². The van der Waals surface area contributed by atoms with Crippen molar-refractivity contribution >= 4 is 12.1 Å². The quantitative estimate of drug-likeness (QED) is 0.501. The number of nitrogens with one attached hydrogen (secondary N) is 1. The summed E-state index contributed by atoms with van der Waals surface area (Å²) in [5, 5.41) is 2.86. The lowest BCUT2D eigenvalue weighted by Gasteiger charge is -2.39.